The molecule has 0 N–H and O–H groups in total. The Balaban J connectivity index is 2.26. The molecule has 2 rings (SSSR count). The second-order valence-corrected chi connectivity index (χ2v) is 27.7. The zero-order valence-corrected chi connectivity index (χ0v) is 20.1. The quantitative estimate of drug-likeness (QED) is 0.390. The summed E-state index contributed by atoms with van der Waals surface area (Å²) in [4.78, 5) is 0. The Bertz CT molecular complexity index is 428. The van der Waals surface area contributed by atoms with Crippen molar-refractivity contribution in [2.45, 2.75) is 57.7 Å². The van der Waals surface area contributed by atoms with Gasteiger partial charge in [-0.3, -0.25) is 0 Å². The number of hydrogen-bond acceptors (Lipinski definition) is 0. The number of hydrogen-bond donors (Lipinski definition) is 0. The molecule has 2 aliphatic carbocycles. The average molecular weight is 481 g/mol. The molecule has 0 aromatic heterocycles. The third-order valence-corrected chi connectivity index (χ3v) is 16.7. The molecule has 0 spiro atoms. The first-order valence-electron chi connectivity index (χ1n) is 8.07. The van der Waals surface area contributed by atoms with Gasteiger partial charge in [-0.1, -0.05) is 0 Å². The Kier molecular flexibility index (Phi) is 5.07. The third kappa shape index (κ3) is 5.14. The molecule has 3 heteroatoms. The second kappa shape index (κ2) is 6.05. The van der Waals surface area contributed by atoms with E-state index in [1.165, 1.54) is 12.1 Å². The molecule has 0 amide bonds. The van der Waals surface area contributed by atoms with Gasteiger partial charge >= 0.3 is 145 Å². The fourth-order valence-electron chi connectivity index (χ4n) is 3.70. The summed E-state index contributed by atoms with van der Waals surface area (Å²) in [6.07, 6.45) is 19.5. The molecule has 0 aromatic rings. The van der Waals surface area contributed by atoms with E-state index in [0.717, 1.165) is 0 Å². The first kappa shape index (κ1) is 17.6. The van der Waals surface area contributed by atoms with E-state index in [0.29, 0.717) is 6.34 Å². The molecule has 0 aliphatic heterocycles. The zero-order chi connectivity index (χ0) is 15.8. The van der Waals surface area contributed by atoms with Crippen LogP contribution >= 0.6 is 0 Å². The number of allylic oxidation sites excluding steroid dienone is 8. The van der Waals surface area contributed by atoms with Crippen molar-refractivity contribution < 1.29 is 22.9 Å². The van der Waals surface area contributed by atoms with Crippen LogP contribution in [-0.2, 0) is 22.9 Å². The van der Waals surface area contributed by atoms with Crippen molar-refractivity contribution in [1.82, 2.24) is 0 Å². The standard InChI is InChI=1S/2C9H15Si.Hf/c2*1-10(2,3)8-9-6-4-5-7-9;/h2*4-7H,8H2,1-3H3;/q;;+2. The van der Waals surface area contributed by atoms with E-state index in [-0.39, 0.29) is 0 Å². The van der Waals surface area contributed by atoms with Crippen LogP contribution in [0.4, 0.5) is 0 Å². The van der Waals surface area contributed by atoms with Crippen LogP contribution in [0.15, 0.2) is 48.6 Å². The molecule has 0 unspecified atom stereocenters. The van der Waals surface area contributed by atoms with E-state index in [2.05, 4.69) is 87.9 Å². The van der Waals surface area contributed by atoms with E-state index >= 15 is 0 Å². The molecule has 0 nitrogen and oxygen atoms in total. The van der Waals surface area contributed by atoms with Crippen molar-refractivity contribution in [2.24, 2.45) is 0 Å². The van der Waals surface area contributed by atoms with Crippen LogP contribution in [0.1, 0.15) is 0 Å². The van der Waals surface area contributed by atoms with Crippen molar-refractivity contribution in [1.29, 1.82) is 0 Å². The van der Waals surface area contributed by atoms with E-state index in [1.807, 2.05) is 0 Å². The van der Waals surface area contributed by atoms with Crippen molar-refractivity contribution in [3.8, 4) is 0 Å². The Morgan fingerprint density at radius 3 is 1.14 bits per heavy atom. The predicted molar refractivity (Wildman–Crippen MR) is 98.3 cm³/mol. The minimum atomic E-state index is -1.05. The molecule has 0 saturated carbocycles. The summed E-state index contributed by atoms with van der Waals surface area (Å²) in [5.41, 5.74) is 0. The Labute approximate surface area is 144 Å². The molecule has 0 bridgehead atoms. The fourth-order valence-corrected chi connectivity index (χ4v) is 26.9. The Morgan fingerprint density at radius 2 is 0.905 bits per heavy atom. The van der Waals surface area contributed by atoms with Crippen LogP contribution in [-0.4, -0.2) is 16.1 Å². The Morgan fingerprint density at radius 1 is 0.619 bits per heavy atom. The molecular weight excluding hydrogens is 451 g/mol. The number of rotatable bonds is 6. The monoisotopic (exact) mass is 482 g/mol. The summed E-state index contributed by atoms with van der Waals surface area (Å²) in [6.45, 7) is 15.2. The molecule has 0 saturated heterocycles. The summed E-state index contributed by atoms with van der Waals surface area (Å²) in [5.74, 6) is 0. The molecule has 0 atom stereocenters. The first-order valence-corrected chi connectivity index (χ1v) is 19.1. The maximum absolute atomic E-state index is 2.57. The van der Waals surface area contributed by atoms with Gasteiger partial charge in [0.25, 0.3) is 0 Å². The molecule has 0 aromatic carbocycles. The third-order valence-electron chi connectivity index (χ3n) is 3.91. The SMILES string of the molecule is C[Si](C)(C)C[C]1([Hf+2][C]2(C[Si](C)(C)C)C=CC=C2)C=CC=C1. The molecule has 2 aliphatic rings. The normalized spacial score (nSPS) is 22.0. The van der Waals surface area contributed by atoms with Gasteiger partial charge in [0.05, 0.1) is 0 Å². The van der Waals surface area contributed by atoms with E-state index in [9.17, 15) is 0 Å². The van der Waals surface area contributed by atoms with Gasteiger partial charge in [-0.05, 0) is 0 Å². The van der Waals surface area contributed by atoms with Crippen molar-refractivity contribution in [3.05, 3.63) is 48.6 Å². The fraction of sp³-hybridized carbons (Fsp3) is 0.556. The van der Waals surface area contributed by atoms with E-state index in [4.69, 9.17) is 0 Å². The predicted octanol–water partition coefficient (Wildman–Crippen LogP) is 6.31. The molecule has 112 valence electrons. The molecule has 0 fully saturated rings. The van der Waals surface area contributed by atoms with Crippen molar-refractivity contribution in [2.75, 3.05) is 0 Å². The maximum atomic E-state index is 2.57. The van der Waals surface area contributed by atoms with Gasteiger partial charge in [0.2, 0.25) is 0 Å². The van der Waals surface area contributed by atoms with Crippen LogP contribution in [0.25, 0.3) is 0 Å². The van der Waals surface area contributed by atoms with Gasteiger partial charge in [0.15, 0.2) is 0 Å². The van der Waals surface area contributed by atoms with Gasteiger partial charge in [0.1, 0.15) is 0 Å². The second-order valence-electron chi connectivity index (χ2n) is 9.12. The summed E-state index contributed by atoms with van der Waals surface area (Å²) in [5, 5.41) is 0. The van der Waals surface area contributed by atoms with Crippen LogP contribution in [0.2, 0.25) is 57.7 Å². The summed E-state index contributed by atoms with van der Waals surface area (Å²) in [7, 11) is -2.10. The first-order chi connectivity index (χ1) is 9.54. The molecule has 0 heterocycles. The topological polar surface area (TPSA) is 0 Å². The van der Waals surface area contributed by atoms with Gasteiger partial charge in [-0.2, -0.15) is 0 Å². The molecule has 0 radical (unpaired) electrons. The average Bonchev–Trinajstić information content (AvgIpc) is 2.84. The van der Waals surface area contributed by atoms with Crippen molar-refractivity contribution >= 4 is 16.1 Å². The van der Waals surface area contributed by atoms with Gasteiger partial charge in [0, 0.05) is 0 Å². The zero-order valence-electron chi connectivity index (χ0n) is 14.5. The minimum absolute atomic E-state index is 0.489. The van der Waals surface area contributed by atoms with Crippen LogP contribution in [0, 0.1) is 0 Å². The summed E-state index contributed by atoms with van der Waals surface area (Å²) < 4.78 is 0.978. The van der Waals surface area contributed by atoms with Gasteiger partial charge < -0.3 is 0 Å². The summed E-state index contributed by atoms with van der Waals surface area (Å²) >= 11 is -0.905. The van der Waals surface area contributed by atoms with Crippen molar-refractivity contribution in [3.63, 3.8) is 0 Å². The van der Waals surface area contributed by atoms with Crippen LogP contribution in [0.5, 0.6) is 0 Å². The molecule has 21 heavy (non-hydrogen) atoms. The molecular formula is C18H30HfSi2+2. The Hall–Kier alpha value is 0.264. The van der Waals surface area contributed by atoms with Gasteiger partial charge in [-0.15, -0.1) is 0 Å². The van der Waals surface area contributed by atoms with Crippen LogP contribution < -0.4 is 0 Å². The van der Waals surface area contributed by atoms with Crippen LogP contribution in [0.3, 0.4) is 0 Å². The van der Waals surface area contributed by atoms with E-state index < -0.39 is 39.1 Å². The van der Waals surface area contributed by atoms with Gasteiger partial charge in [-0.25, -0.2) is 0 Å². The summed E-state index contributed by atoms with van der Waals surface area (Å²) in [6, 6.07) is 2.90. The van der Waals surface area contributed by atoms with E-state index in [1.54, 1.807) is 0 Å².